The highest BCUT2D eigenvalue weighted by Crippen LogP contribution is 2.40. The quantitative estimate of drug-likeness (QED) is 0.806. The van der Waals surface area contributed by atoms with E-state index in [4.69, 9.17) is 4.74 Å². The first-order valence-electron chi connectivity index (χ1n) is 6.80. The van der Waals surface area contributed by atoms with E-state index in [1.165, 1.54) is 24.8 Å². The highest BCUT2D eigenvalue weighted by atomic mass is 32.1. The Labute approximate surface area is 118 Å². The molecular weight excluding hydrogens is 254 g/mol. The van der Waals surface area contributed by atoms with Crippen LogP contribution in [0.1, 0.15) is 31.7 Å². The monoisotopic (exact) mass is 273 g/mol. The summed E-state index contributed by atoms with van der Waals surface area (Å²) >= 11 is 1.59. The third kappa shape index (κ3) is 2.81. The normalized spacial score (nSPS) is 16.9. The van der Waals surface area contributed by atoms with Gasteiger partial charge in [0, 0.05) is 16.4 Å². The number of thiazole rings is 1. The van der Waals surface area contributed by atoms with Gasteiger partial charge >= 0.3 is 0 Å². The molecule has 1 aliphatic carbocycles. The van der Waals surface area contributed by atoms with Crippen molar-refractivity contribution in [3.8, 4) is 16.5 Å². The van der Waals surface area contributed by atoms with Crippen LogP contribution in [0.25, 0.3) is 11.3 Å². The molecule has 0 N–H and O–H groups in total. The van der Waals surface area contributed by atoms with E-state index >= 15 is 0 Å². The fourth-order valence-corrected chi connectivity index (χ4v) is 3.02. The van der Waals surface area contributed by atoms with Gasteiger partial charge in [-0.05, 0) is 19.8 Å². The second-order valence-electron chi connectivity index (χ2n) is 5.82. The van der Waals surface area contributed by atoms with E-state index in [2.05, 4.69) is 48.5 Å². The Morgan fingerprint density at radius 2 is 2.00 bits per heavy atom. The summed E-state index contributed by atoms with van der Waals surface area (Å²) in [7, 11) is 0. The minimum absolute atomic E-state index is 0.385. The molecule has 0 bridgehead atoms. The van der Waals surface area contributed by atoms with Crippen LogP contribution in [-0.2, 0) is 0 Å². The average Bonchev–Trinajstić information content (AvgIpc) is 2.84. The number of hydrogen-bond donors (Lipinski definition) is 0. The van der Waals surface area contributed by atoms with Gasteiger partial charge in [-0.25, -0.2) is 4.98 Å². The van der Waals surface area contributed by atoms with Crippen LogP contribution in [0, 0.1) is 12.3 Å². The van der Waals surface area contributed by atoms with Gasteiger partial charge in [-0.1, -0.05) is 54.5 Å². The van der Waals surface area contributed by atoms with Gasteiger partial charge in [-0.2, -0.15) is 0 Å². The number of benzene rings is 1. The second-order valence-corrected chi connectivity index (χ2v) is 6.64. The standard InChI is InChI=1S/C16H19NOS/c1-12-4-6-13(7-5-12)14-10-19-15(17-14)18-11-16(2)8-3-9-16/h4-7,10H,3,8-9,11H2,1-2H3. The summed E-state index contributed by atoms with van der Waals surface area (Å²) in [5, 5.41) is 2.87. The minimum Gasteiger partial charge on any atom is -0.469 e. The summed E-state index contributed by atoms with van der Waals surface area (Å²) in [4.78, 5) is 4.57. The van der Waals surface area contributed by atoms with E-state index in [0.717, 1.165) is 23.1 Å². The molecule has 2 aromatic rings. The second kappa shape index (κ2) is 4.97. The molecule has 1 heterocycles. The van der Waals surface area contributed by atoms with E-state index in [1.807, 2.05) is 0 Å². The molecule has 0 spiro atoms. The molecule has 1 aromatic heterocycles. The van der Waals surface area contributed by atoms with Gasteiger partial charge < -0.3 is 4.74 Å². The zero-order valence-electron chi connectivity index (χ0n) is 11.5. The molecule has 0 amide bonds. The largest absolute Gasteiger partial charge is 0.469 e. The maximum absolute atomic E-state index is 5.85. The molecule has 1 aliphatic rings. The number of ether oxygens (including phenoxy) is 1. The van der Waals surface area contributed by atoms with Crippen molar-refractivity contribution in [3.05, 3.63) is 35.2 Å². The number of aromatic nitrogens is 1. The van der Waals surface area contributed by atoms with E-state index in [1.54, 1.807) is 11.3 Å². The van der Waals surface area contributed by atoms with Crippen molar-refractivity contribution < 1.29 is 4.74 Å². The molecule has 1 aromatic carbocycles. The predicted molar refractivity (Wildman–Crippen MR) is 79.7 cm³/mol. The molecule has 3 rings (SSSR count). The van der Waals surface area contributed by atoms with Crippen molar-refractivity contribution >= 4 is 11.3 Å². The van der Waals surface area contributed by atoms with Gasteiger partial charge in [0.1, 0.15) is 0 Å². The Kier molecular flexibility index (Phi) is 3.31. The summed E-state index contributed by atoms with van der Waals surface area (Å²) in [6, 6.07) is 8.46. The summed E-state index contributed by atoms with van der Waals surface area (Å²) in [5.41, 5.74) is 3.83. The lowest BCUT2D eigenvalue weighted by Gasteiger charge is -2.37. The smallest absolute Gasteiger partial charge is 0.273 e. The van der Waals surface area contributed by atoms with Crippen molar-refractivity contribution in [3.63, 3.8) is 0 Å². The Hall–Kier alpha value is -1.35. The third-order valence-corrected chi connectivity index (χ3v) is 4.69. The lowest BCUT2D eigenvalue weighted by atomic mass is 9.71. The summed E-state index contributed by atoms with van der Waals surface area (Å²) in [6.45, 7) is 5.19. The molecule has 0 aliphatic heterocycles. The highest BCUT2D eigenvalue weighted by molar-refractivity contribution is 7.11. The number of nitrogens with zero attached hydrogens (tertiary/aromatic N) is 1. The summed E-state index contributed by atoms with van der Waals surface area (Å²) in [5.74, 6) is 0. The molecule has 0 atom stereocenters. The molecule has 0 radical (unpaired) electrons. The predicted octanol–water partition coefficient (Wildman–Crippen LogP) is 4.69. The van der Waals surface area contributed by atoms with Crippen LogP contribution in [0.3, 0.4) is 0 Å². The SMILES string of the molecule is Cc1ccc(-c2csc(OCC3(C)CCC3)n2)cc1. The van der Waals surface area contributed by atoms with Crippen molar-refractivity contribution in [2.75, 3.05) is 6.61 Å². The third-order valence-electron chi connectivity index (χ3n) is 3.94. The molecule has 1 fully saturated rings. The van der Waals surface area contributed by atoms with Crippen LogP contribution in [0.5, 0.6) is 5.19 Å². The van der Waals surface area contributed by atoms with Gasteiger partial charge in [-0.15, -0.1) is 0 Å². The van der Waals surface area contributed by atoms with Gasteiger partial charge in [0.25, 0.3) is 5.19 Å². The van der Waals surface area contributed by atoms with Gasteiger partial charge in [0.15, 0.2) is 0 Å². The van der Waals surface area contributed by atoms with Crippen molar-refractivity contribution in [2.45, 2.75) is 33.1 Å². The Bertz CT molecular complexity index is 554. The minimum atomic E-state index is 0.385. The van der Waals surface area contributed by atoms with Crippen molar-refractivity contribution in [1.82, 2.24) is 4.98 Å². The van der Waals surface area contributed by atoms with Crippen LogP contribution < -0.4 is 4.74 Å². The van der Waals surface area contributed by atoms with E-state index in [0.29, 0.717) is 5.41 Å². The average molecular weight is 273 g/mol. The maximum Gasteiger partial charge on any atom is 0.273 e. The first-order chi connectivity index (χ1) is 9.15. The lowest BCUT2D eigenvalue weighted by Crippen LogP contribution is -2.32. The van der Waals surface area contributed by atoms with E-state index < -0.39 is 0 Å². The molecule has 0 unspecified atom stereocenters. The fraction of sp³-hybridized carbons (Fsp3) is 0.438. The molecule has 2 nitrogen and oxygen atoms in total. The summed E-state index contributed by atoms with van der Waals surface area (Å²) < 4.78 is 5.85. The fourth-order valence-electron chi connectivity index (χ4n) is 2.34. The first kappa shape index (κ1) is 12.7. The maximum atomic E-state index is 5.85. The molecule has 0 saturated heterocycles. The van der Waals surface area contributed by atoms with Gasteiger partial charge in [0.05, 0.1) is 12.3 Å². The molecule has 1 saturated carbocycles. The zero-order chi connectivity index (χ0) is 13.3. The van der Waals surface area contributed by atoms with Gasteiger partial charge in [0.2, 0.25) is 0 Å². The van der Waals surface area contributed by atoms with Crippen LogP contribution in [0.4, 0.5) is 0 Å². The topological polar surface area (TPSA) is 22.1 Å². The number of aryl methyl sites for hydroxylation is 1. The molecule has 100 valence electrons. The highest BCUT2D eigenvalue weighted by Gasteiger charge is 2.32. The van der Waals surface area contributed by atoms with E-state index in [9.17, 15) is 0 Å². The van der Waals surface area contributed by atoms with Gasteiger partial charge in [-0.3, -0.25) is 0 Å². The zero-order valence-corrected chi connectivity index (χ0v) is 12.3. The van der Waals surface area contributed by atoms with Crippen molar-refractivity contribution in [2.24, 2.45) is 5.41 Å². The Morgan fingerprint density at radius 1 is 1.26 bits per heavy atom. The van der Waals surface area contributed by atoms with Crippen LogP contribution in [-0.4, -0.2) is 11.6 Å². The van der Waals surface area contributed by atoms with Crippen LogP contribution in [0.15, 0.2) is 29.6 Å². The molecule has 19 heavy (non-hydrogen) atoms. The lowest BCUT2D eigenvalue weighted by molar-refractivity contribution is 0.0775. The van der Waals surface area contributed by atoms with Crippen LogP contribution in [0.2, 0.25) is 0 Å². The molecule has 3 heteroatoms. The van der Waals surface area contributed by atoms with E-state index in [-0.39, 0.29) is 0 Å². The Morgan fingerprint density at radius 3 is 2.63 bits per heavy atom. The number of rotatable bonds is 4. The molecular formula is C16H19NOS. The van der Waals surface area contributed by atoms with Crippen molar-refractivity contribution in [1.29, 1.82) is 0 Å². The van der Waals surface area contributed by atoms with Crippen LogP contribution >= 0.6 is 11.3 Å². The number of hydrogen-bond acceptors (Lipinski definition) is 3. The summed E-state index contributed by atoms with van der Waals surface area (Å²) in [6.07, 6.45) is 3.90. The first-order valence-corrected chi connectivity index (χ1v) is 7.68. The Balaban J connectivity index is 1.67.